The molecular weight excluding hydrogens is 431 g/mol. The van der Waals surface area contributed by atoms with Gasteiger partial charge >= 0.3 is 41.5 Å². The summed E-state index contributed by atoms with van der Waals surface area (Å²) in [4.78, 5) is 20.0. The Morgan fingerprint density at radius 3 is 1.35 bits per heavy atom. The summed E-state index contributed by atoms with van der Waals surface area (Å²) in [5, 5.41) is 13.9. The molecule has 0 fully saturated rings. The van der Waals surface area contributed by atoms with Crippen LogP contribution in [0.5, 0.6) is 0 Å². The topological polar surface area (TPSA) is 129 Å². The quantitative estimate of drug-likeness (QED) is 0.114. The molecule has 0 spiro atoms. The van der Waals surface area contributed by atoms with Crippen molar-refractivity contribution >= 4 is 22.1 Å². The second kappa shape index (κ2) is 24.5. The van der Waals surface area contributed by atoms with Gasteiger partial charge < -0.3 is 16.6 Å². The summed E-state index contributed by atoms with van der Waals surface area (Å²) in [6, 6.07) is 0. The van der Waals surface area contributed by atoms with Gasteiger partial charge in [-0.3, -0.25) is 14.1 Å². The van der Waals surface area contributed by atoms with Crippen molar-refractivity contribution in [3.8, 4) is 0 Å². The normalized spacial score (nSPS) is 11.7. The predicted molar refractivity (Wildman–Crippen MR) is 120 cm³/mol. The van der Waals surface area contributed by atoms with Gasteiger partial charge in [0.2, 0.25) is 0 Å². The molecule has 0 heterocycles. The van der Waals surface area contributed by atoms with Crippen LogP contribution in [-0.2, 0) is 19.7 Å². The van der Waals surface area contributed by atoms with Gasteiger partial charge in [-0.1, -0.05) is 97.3 Å². The van der Waals surface area contributed by atoms with Crippen molar-refractivity contribution in [1.82, 2.24) is 0 Å². The fraction of sp³-hybridized carbons (Fsp3) is 0.864. The summed E-state index contributed by atoms with van der Waals surface area (Å²) < 4.78 is 28.7. The van der Waals surface area contributed by atoms with Gasteiger partial charge in [0.15, 0.2) is 5.25 Å². The standard InChI is InChI=1S/C18H37.C4H6O7S.Na/c1-3-5-7-9-11-13-15-17-18-16-14-12-10-8-6-4-2;5-3(6)1-2(4(7)8)12(9,10)11;/h17H,3-16,18H2,1-2H3;2H,1H2,(H,5,6)(H,7,8)(H,9,10,11);/q-1;;+1. The molecule has 0 bridgehead atoms. The first kappa shape index (κ1) is 35.4. The van der Waals surface area contributed by atoms with Gasteiger partial charge in [-0.2, -0.15) is 21.3 Å². The number of carboxylic acid groups (broad SMARTS) is 2. The Bertz CT molecular complexity index is 508. The summed E-state index contributed by atoms with van der Waals surface area (Å²) in [5.41, 5.74) is 0. The number of carboxylic acids is 2. The van der Waals surface area contributed by atoms with Crippen LogP contribution in [0.4, 0.5) is 0 Å². The Labute approximate surface area is 211 Å². The van der Waals surface area contributed by atoms with Crippen molar-refractivity contribution in [1.29, 1.82) is 0 Å². The van der Waals surface area contributed by atoms with Gasteiger partial charge in [0.05, 0.1) is 6.42 Å². The molecule has 7 nitrogen and oxygen atoms in total. The maximum absolute atomic E-state index is 10.2. The molecule has 0 radical (unpaired) electrons. The van der Waals surface area contributed by atoms with Crippen LogP contribution >= 0.6 is 0 Å². The van der Waals surface area contributed by atoms with E-state index in [1.165, 1.54) is 96.3 Å². The van der Waals surface area contributed by atoms with Crippen LogP contribution in [0, 0.1) is 6.42 Å². The number of hydrogen-bond donors (Lipinski definition) is 3. The van der Waals surface area contributed by atoms with Crippen LogP contribution < -0.4 is 29.6 Å². The van der Waals surface area contributed by atoms with E-state index in [9.17, 15) is 18.0 Å². The van der Waals surface area contributed by atoms with Crippen molar-refractivity contribution in [2.75, 3.05) is 0 Å². The molecule has 1 atom stereocenters. The Kier molecular flexibility index (Phi) is 28.0. The minimum atomic E-state index is -4.84. The van der Waals surface area contributed by atoms with E-state index in [0.29, 0.717) is 0 Å². The van der Waals surface area contributed by atoms with Gasteiger partial charge in [-0.15, -0.1) is 0 Å². The Balaban J connectivity index is -0.000000528. The molecule has 0 saturated heterocycles. The minimum Gasteiger partial charge on any atom is -0.481 e. The number of rotatable bonds is 19. The van der Waals surface area contributed by atoms with Crippen LogP contribution in [0.25, 0.3) is 0 Å². The molecule has 0 aromatic rings. The van der Waals surface area contributed by atoms with Crippen LogP contribution in [0.3, 0.4) is 0 Å². The molecule has 9 heteroatoms. The van der Waals surface area contributed by atoms with E-state index in [0.717, 1.165) is 0 Å². The molecule has 0 aliphatic rings. The van der Waals surface area contributed by atoms with Crippen molar-refractivity contribution in [2.24, 2.45) is 0 Å². The van der Waals surface area contributed by atoms with Crippen LogP contribution in [-0.4, -0.2) is 40.4 Å². The fourth-order valence-electron chi connectivity index (χ4n) is 2.94. The Hall–Kier alpha value is -0.150. The fourth-order valence-corrected chi connectivity index (χ4v) is 3.55. The van der Waals surface area contributed by atoms with Gasteiger partial charge in [-0.25, -0.2) is 0 Å². The zero-order chi connectivity index (χ0) is 23.3. The molecule has 3 N–H and O–H groups in total. The zero-order valence-electron chi connectivity index (χ0n) is 19.9. The second-order valence-electron chi connectivity index (χ2n) is 7.69. The van der Waals surface area contributed by atoms with Gasteiger partial charge in [-0.05, 0) is 0 Å². The first-order chi connectivity index (χ1) is 14.2. The van der Waals surface area contributed by atoms with E-state index in [-0.39, 0.29) is 29.6 Å². The van der Waals surface area contributed by atoms with Crippen molar-refractivity contribution < 1.29 is 62.3 Å². The van der Waals surface area contributed by atoms with Gasteiger partial charge in [0.25, 0.3) is 10.1 Å². The third-order valence-corrected chi connectivity index (χ3v) is 5.86. The molecular formula is C22H43NaO7S. The third kappa shape index (κ3) is 27.8. The average Bonchev–Trinajstić information content (AvgIpc) is 2.66. The van der Waals surface area contributed by atoms with Gasteiger partial charge in [0, 0.05) is 0 Å². The molecule has 0 amide bonds. The summed E-state index contributed by atoms with van der Waals surface area (Å²) in [7, 11) is -4.84. The van der Waals surface area contributed by atoms with E-state index in [2.05, 4.69) is 20.3 Å². The summed E-state index contributed by atoms with van der Waals surface area (Å²) >= 11 is 0. The molecule has 0 aromatic heterocycles. The summed E-state index contributed by atoms with van der Waals surface area (Å²) in [6.45, 7) is 4.58. The molecule has 0 rings (SSSR count). The number of carbonyl (C=O) groups is 2. The minimum absolute atomic E-state index is 0. The molecule has 31 heavy (non-hydrogen) atoms. The SMILES string of the molecule is CCCCCCCC[CH-]CCCCCCCCC.O=C(O)CC(C(=O)O)S(=O)(=O)O.[Na+]. The van der Waals surface area contributed by atoms with E-state index < -0.39 is 33.7 Å². The average molecular weight is 475 g/mol. The Morgan fingerprint density at radius 2 is 1.10 bits per heavy atom. The monoisotopic (exact) mass is 474 g/mol. The van der Waals surface area contributed by atoms with Crippen molar-refractivity contribution in [3.05, 3.63) is 6.42 Å². The molecule has 0 aliphatic heterocycles. The van der Waals surface area contributed by atoms with Crippen LogP contribution in [0.1, 0.15) is 117 Å². The summed E-state index contributed by atoms with van der Waals surface area (Å²) in [6.07, 6.45) is 22.8. The van der Waals surface area contributed by atoms with E-state index in [1.807, 2.05) is 0 Å². The number of aliphatic carboxylic acids is 2. The summed E-state index contributed by atoms with van der Waals surface area (Å²) in [5.74, 6) is -3.50. The van der Waals surface area contributed by atoms with E-state index >= 15 is 0 Å². The zero-order valence-corrected chi connectivity index (χ0v) is 22.7. The molecule has 180 valence electrons. The maximum Gasteiger partial charge on any atom is 1.00 e. The first-order valence-corrected chi connectivity index (χ1v) is 12.9. The maximum atomic E-state index is 10.2. The number of hydrogen-bond acceptors (Lipinski definition) is 4. The van der Waals surface area contributed by atoms with E-state index in [1.54, 1.807) is 0 Å². The van der Waals surface area contributed by atoms with Crippen LogP contribution in [0.2, 0.25) is 0 Å². The molecule has 1 unspecified atom stereocenters. The third-order valence-electron chi connectivity index (χ3n) is 4.77. The van der Waals surface area contributed by atoms with Crippen molar-refractivity contribution in [2.45, 2.75) is 122 Å². The first-order valence-electron chi connectivity index (χ1n) is 11.4. The van der Waals surface area contributed by atoms with E-state index in [4.69, 9.17) is 14.8 Å². The molecule has 0 saturated carbocycles. The largest absolute Gasteiger partial charge is 1.00 e. The molecule has 0 aromatic carbocycles. The van der Waals surface area contributed by atoms with Crippen molar-refractivity contribution in [3.63, 3.8) is 0 Å². The predicted octanol–water partition coefficient (Wildman–Crippen LogP) is 2.89. The smallest absolute Gasteiger partial charge is 0.481 e. The Morgan fingerprint density at radius 1 is 0.742 bits per heavy atom. The number of unbranched alkanes of at least 4 members (excludes halogenated alkanes) is 15. The van der Waals surface area contributed by atoms with Crippen LogP contribution in [0.15, 0.2) is 0 Å². The molecule has 0 aliphatic carbocycles. The van der Waals surface area contributed by atoms with Gasteiger partial charge in [0.1, 0.15) is 0 Å². The second-order valence-corrected chi connectivity index (χ2v) is 9.29.